The van der Waals surface area contributed by atoms with E-state index in [4.69, 9.17) is 9.47 Å². The van der Waals surface area contributed by atoms with E-state index in [0.29, 0.717) is 35.5 Å². The fourth-order valence-corrected chi connectivity index (χ4v) is 14.4. The lowest BCUT2D eigenvalue weighted by Gasteiger charge is -2.61. The Balaban J connectivity index is 1.07. The molecule has 1 unspecified atom stereocenters. The second kappa shape index (κ2) is 18.3. The summed E-state index contributed by atoms with van der Waals surface area (Å²) >= 11 is 1.64. The standard InChI is InChI=1S/C52H70N2O5S/c1-35(23-28-46(55)53-7)42-26-27-43-41-25-24-39-33-40(29-31-50(39,5)44(41)30-32-51(42,43)6)58-47(56)45(54-48(57)59-49(2,3)4)34-60-52(36-17-11-8-12-18-36,37-19-13-9-14-20-37)38-21-15-10-16-22-38/h8-22,35,39-45H,23-34H2,1-7H3,(H,53,55)(H,54,57)/t35-,39-,40-,41+,42-,43+,44+,45?,50+,51-/m1/s1. The van der Waals surface area contributed by atoms with Crippen molar-refractivity contribution < 1.29 is 23.9 Å². The number of amides is 2. The number of rotatable bonds is 13. The monoisotopic (exact) mass is 835 g/mol. The van der Waals surface area contributed by atoms with Crippen LogP contribution < -0.4 is 10.6 Å². The molecular weight excluding hydrogens is 765 g/mol. The fourth-order valence-electron chi connectivity index (χ4n) is 12.8. The third-order valence-corrected chi connectivity index (χ3v) is 17.4. The number of nitrogens with one attached hydrogen (secondary N) is 2. The first-order valence-corrected chi connectivity index (χ1v) is 23.9. The van der Waals surface area contributed by atoms with Gasteiger partial charge >= 0.3 is 12.1 Å². The van der Waals surface area contributed by atoms with E-state index in [1.165, 1.54) is 38.5 Å². The zero-order chi connectivity index (χ0) is 42.7. The zero-order valence-corrected chi connectivity index (χ0v) is 38.0. The Morgan fingerprint density at radius 2 is 1.33 bits per heavy atom. The number of benzene rings is 3. The zero-order valence-electron chi connectivity index (χ0n) is 37.2. The van der Waals surface area contributed by atoms with E-state index >= 15 is 0 Å². The summed E-state index contributed by atoms with van der Waals surface area (Å²) in [5.41, 5.74) is 3.14. The third kappa shape index (κ3) is 9.06. The van der Waals surface area contributed by atoms with Crippen molar-refractivity contribution in [3.05, 3.63) is 108 Å². The van der Waals surface area contributed by atoms with E-state index in [-0.39, 0.29) is 23.2 Å². The number of ether oxygens (including phenoxy) is 2. The van der Waals surface area contributed by atoms with Crippen molar-refractivity contribution in [2.45, 2.75) is 135 Å². The molecule has 0 heterocycles. The van der Waals surface area contributed by atoms with Crippen molar-refractivity contribution >= 4 is 29.7 Å². The van der Waals surface area contributed by atoms with Crippen LogP contribution in [0.15, 0.2) is 91.0 Å². The molecule has 3 aromatic rings. The molecule has 4 saturated carbocycles. The first-order chi connectivity index (χ1) is 28.7. The highest BCUT2D eigenvalue weighted by Gasteiger charge is 2.61. The second-order valence-electron chi connectivity index (χ2n) is 20.2. The molecule has 0 spiro atoms. The number of hydrogen-bond donors (Lipinski definition) is 2. The van der Waals surface area contributed by atoms with E-state index in [0.717, 1.165) is 54.2 Å². The molecule has 0 aromatic heterocycles. The maximum absolute atomic E-state index is 14.5. The average Bonchev–Trinajstić information content (AvgIpc) is 3.60. The minimum absolute atomic E-state index is 0.155. The number of thioether (sulfide) groups is 1. The number of fused-ring (bicyclic) bond motifs is 5. The lowest BCUT2D eigenvalue weighted by atomic mass is 9.44. The topological polar surface area (TPSA) is 93.7 Å². The highest BCUT2D eigenvalue weighted by molar-refractivity contribution is 8.00. The molecule has 0 radical (unpaired) electrons. The summed E-state index contributed by atoms with van der Waals surface area (Å²) < 4.78 is 11.6. The molecule has 0 saturated heterocycles. The lowest BCUT2D eigenvalue weighted by molar-refractivity contribution is -0.164. The number of alkyl carbamates (subject to hydrolysis) is 1. The number of esters is 1. The van der Waals surface area contributed by atoms with E-state index in [1.807, 2.05) is 39.0 Å². The van der Waals surface area contributed by atoms with Gasteiger partial charge in [0.15, 0.2) is 0 Å². The SMILES string of the molecule is CNC(=O)CC[C@@H](C)[C@H]1CC[C@H]2[C@@H]3CC[C@@H]4C[C@H](OC(=O)C(CSC(c5ccccc5)(c5ccccc5)c5ccccc5)NC(=O)OC(C)(C)C)CC[C@]4(C)[C@H]3CC[C@]12C. The van der Waals surface area contributed by atoms with Crippen molar-refractivity contribution in [2.24, 2.45) is 46.3 Å². The van der Waals surface area contributed by atoms with Crippen LogP contribution in [-0.4, -0.2) is 48.5 Å². The van der Waals surface area contributed by atoms with Gasteiger partial charge in [-0.05, 0) is 148 Å². The smallest absolute Gasteiger partial charge is 0.408 e. The third-order valence-electron chi connectivity index (χ3n) is 15.7. The van der Waals surface area contributed by atoms with Crippen LogP contribution in [0.2, 0.25) is 0 Å². The predicted molar refractivity (Wildman–Crippen MR) is 242 cm³/mol. The van der Waals surface area contributed by atoms with Crippen LogP contribution in [0.4, 0.5) is 4.79 Å². The Hall–Kier alpha value is -3.78. The van der Waals surface area contributed by atoms with Crippen molar-refractivity contribution in [1.82, 2.24) is 10.6 Å². The quantitative estimate of drug-likeness (QED) is 0.132. The molecule has 60 heavy (non-hydrogen) atoms. The molecule has 0 aliphatic heterocycles. The normalized spacial score (nSPS) is 29.8. The molecule has 4 aliphatic carbocycles. The van der Waals surface area contributed by atoms with Gasteiger partial charge in [0.1, 0.15) is 17.7 Å². The maximum Gasteiger partial charge on any atom is 0.408 e. The summed E-state index contributed by atoms with van der Waals surface area (Å²) in [6.45, 7) is 13.1. The molecule has 2 N–H and O–H groups in total. The van der Waals surface area contributed by atoms with Crippen LogP contribution in [0.5, 0.6) is 0 Å². The number of hydrogen-bond acceptors (Lipinski definition) is 6. The summed E-state index contributed by atoms with van der Waals surface area (Å²) in [7, 11) is 1.74. The van der Waals surface area contributed by atoms with Gasteiger partial charge in [0, 0.05) is 19.2 Å². The van der Waals surface area contributed by atoms with Crippen molar-refractivity contribution in [3.63, 3.8) is 0 Å². The Labute approximate surface area is 364 Å². The highest BCUT2D eigenvalue weighted by atomic mass is 32.2. The van der Waals surface area contributed by atoms with Crippen LogP contribution in [-0.2, 0) is 23.8 Å². The first-order valence-electron chi connectivity index (χ1n) is 22.9. The molecule has 4 aliphatic rings. The average molecular weight is 835 g/mol. The second-order valence-corrected chi connectivity index (χ2v) is 21.4. The largest absolute Gasteiger partial charge is 0.461 e. The van der Waals surface area contributed by atoms with Gasteiger partial charge in [0.2, 0.25) is 5.91 Å². The summed E-state index contributed by atoms with van der Waals surface area (Å²) in [5.74, 6) is 4.00. The lowest BCUT2D eigenvalue weighted by Crippen LogP contribution is -2.54. The molecule has 7 nitrogen and oxygen atoms in total. The van der Waals surface area contributed by atoms with Gasteiger partial charge in [-0.25, -0.2) is 9.59 Å². The molecule has 4 fully saturated rings. The highest BCUT2D eigenvalue weighted by Crippen LogP contribution is 2.68. The summed E-state index contributed by atoms with van der Waals surface area (Å²) in [6.07, 6.45) is 11.2. The fraction of sp³-hybridized carbons (Fsp3) is 0.596. The van der Waals surface area contributed by atoms with Crippen molar-refractivity contribution in [2.75, 3.05) is 12.8 Å². The molecule has 10 atom stereocenters. The molecule has 324 valence electrons. The molecule has 7 rings (SSSR count). The predicted octanol–water partition coefficient (Wildman–Crippen LogP) is 11.3. The molecule has 0 bridgehead atoms. The minimum atomic E-state index is -0.922. The molecule has 8 heteroatoms. The van der Waals surface area contributed by atoms with E-state index < -0.39 is 28.5 Å². The van der Waals surface area contributed by atoms with Gasteiger partial charge in [0.05, 0.1) is 4.75 Å². The van der Waals surface area contributed by atoms with Gasteiger partial charge < -0.3 is 20.1 Å². The Morgan fingerprint density at radius 3 is 1.90 bits per heavy atom. The van der Waals surface area contributed by atoms with Gasteiger partial charge in [0.25, 0.3) is 0 Å². The Bertz CT molecular complexity index is 1820. The number of carbonyl (C=O) groups excluding carboxylic acids is 3. The summed E-state index contributed by atoms with van der Waals surface area (Å²) in [6, 6.07) is 30.3. The van der Waals surface area contributed by atoms with Gasteiger partial charge in [-0.2, -0.15) is 0 Å². The van der Waals surface area contributed by atoms with E-state index in [9.17, 15) is 14.4 Å². The summed E-state index contributed by atoms with van der Waals surface area (Å²) in [4.78, 5) is 40.1. The first kappa shape index (κ1) is 44.3. The Kier molecular flexibility index (Phi) is 13.5. The molecule has 3 aromatic carbocycles. The van der Waals surface area contributed by atoms with Crippen LogP contribution in [0, 0.1) is 46.3 Å². The minimum Gasteiger partial charge on any atom is -0.461 e. The van der Waals surface area contributed by atoms with Crippen LogP contribution in [0.25, 0.3) is 0 Å². The van der Waals surface area contributed by atoms with Gasteiger partial charge in [-0.1, -0.05) is 112 Å². The van der Waals surface area contributed by atoms with Crippen LogP contribution in [0.1, 0.15) is 129 Å². The Morgan fingerprint density at radius 1 is 0.767 bits per heavy atom. The van der Waals surface area contributed by atoms with E-state index in [1.54, 1.807) is 18.8 Å². The van der Waals surface area contributed by atoms with Crippen LogP contribution in [0.3, 0.4) is 0 Å². The molecule has 2 amide bonds. The van der Waals surface area contributed by atoms with Gasteiger partial charge in [-0.15, -0.1) is 11.8 Å². The molecular formula is C52H70N2O5S. The maximum atomic E-state index is 14.5. The van der Waals surface area contributed by atoms with Crippen molar-refractivity contribution in [3.8, 4) is 0 Å². The van der Waals surface area contributed by atoms with Crippen molar-refractivity contribution in [1.29, 1.82) is 0 Å². The van der Waals surface area contributed by atoms with E-state index in [2.05, 4.69) is 104 Å². The van der Waals surface area contributed by atoms with Crippen LogP contribution >= 0.6 is 11.8 Å². The van der Waals surface area contributed by atoms with Gasteiger partial charge in [-0.3, -0.25) is 4.79 Å². The summed E-state index contributed by atoms with van der Waals surface area (Å²) in [5, 5.41) is 5.78. The number of carbonyl (C=O) groups is 3.